The maximum absolute atomic E-state index is 6.00. The van der Waals surface area contributed by atoms with Gasteiger partial charge in [0.15, 0.2) is 0 Å². The van der Waals surface area contributed by atoms with Gasteiger partial charge >= 0.3 is 0 Å². The highest BCUT2D eigenvalue weighted by Gasteiger charge is 2.06. The molecule has 0 unspecified atom stereocenters. The van der Waals surface area contributed by atoms with Crippen molar-refractivity contribution in [1.82, 2.24) is 4.98 Å². The van der Waals surface area contributed by atoms with Crippen molar-refractivity contribution >= 4 is 28.0 Å². The number of aryl methyl sites for hydroxylation is 2. The zero-order valence-electron chi connectivity index (χ0n) is 11.6. The topological polar surface area (TPSA) is 50.9 Å². The number of benzene rings is 2. The van der Waals surface area contributed by atoms with Crippen LogP contribution in [-0.4, -0.2) is 4.98 Å². The first-order chi connectivity index (χ1) is 9.63. The van der Waals surface area contributed by atoms with Crippen molar-refractivity contribution in [3.05, 3.63) is 59.8 Å². The van der Waals surface area contributed by atoms with Gasteiger partial charge in [0.1, 0.15) is 0 Å². The molecule has 3 nitrogen and oxygen atoms in total. The van der Waals surface area contributed by atoms with Crippen molar-refractivity contribution in [2.45, 2.75) is 13.8 Å². The lowest BCUT2D eigenvalue weighted by atomic mass is 10.1. The van der Waals surface area contributed by atoms with Crippen molar-refractivity contribution in [2.24, 2.45) is 0 Å². The molecule has 0 aliphatic rings. The maximum Gasteiger partial charge on any atom is 0.0726 e. The van der Waals surface area contributed by atoms with Gasteiger partial charge in [0.2, 0.25) is 0 Å². The molecule has 20 heavy (non-hydrogen) atoms. The molecular formula is C17H17N3. The Kier molecular flexibility index (Phi) is 3.03. The van der Waals surface area contributed by atoms with E-state index in [1.165, 1.54) is 5.56 Å². The first-order valence-corrected chi connectivity index (χ1v) is 6.63. The molecular weight excluding hydrogens is 246 g/mol. The van der Waals surface area contributed by atoms with Crippen LogP contribution in [0.1, 0.15) is 11.3 Å². The van der Waals surface area contributed by atoms with Crippen LogP contribution in [0.3, 0.4) is 0 Å². The number of hydrogen-bond acceptors (Lipinski definition) is 3. The van der Waals surface area contributed by atoms with Crippen molar-refractivity contribution < 1.29 is 0 Å². The van der Waals surface area contributed by atoms with Crippen LogP contribution >= 0.6 is 0 Å². The Hall–Kier alpha value is -2.55. The van der Waals surface area contributed by atoms with Crippen LogP contribution in [0.2, 0.25) is 0 Å². The van der Waals surface area contributed by atoms with E-state index in [0.717, 1.165) is 33.7 Å². The summed E-state index contributed by atoms with van der Waals surface area (Å²) in [6.07, 6.45) is 0. The first kappa shape index (κ1) is 12.5. The van der Waals surface area contributed by atoms with E-state index in [4.69, 9.17) is 5.73 Å². The Morgan fingerprint density at radius 2 is 1.75 bits per heavy atom. The SMILES string of the molecule is Cc1ccc2nc(C)cc(Nc3ccccc3N)c2c1. The smallest absolute Gasteiger partial charge is 0.0726 e. The molecule has 0 saturated carbocycles. The van der Waals surface area contributed by atoms with Crippen LogP contribution in [0.4, 0.5) is 17.1 Å². The summed E-state index contributed by atoms with van der Waals surface area (Å²) in [5.74, 6) is 0. The summed E-state index contributed by atoms with van der Waals surface area (Å²) in [5.41, 5.74) is 11.9. The summed E-state index contributed by atoms with van der Waals surface area (Å²) in [4.78, 5) is 4.57. The minimum atomic E-state index is 0.739. The second-order valence-corrected chi connectivity index (χ2v) is 5.04. The Morgan fingerprint density at radius 1 is 0.950 bits per heavy atom. The van der Waals surface area contributed by atoms with E-state index in [1.54, 1.807) is 0 Å². The molecule has 0 fully saturated rings. The van der Waals surface area contributed by atoms with E-state index in [9.17, 15) is 0 Å². The molecule has 0 spiro atoms. The number of pyridine rings is 1. The highest BCUT2D eigenvalue weighted by Crippen LogP contribution is 2.29. The summed E-state index contributed by atoms with van der Waals surface area (Å²) in [5, 5.41) is 4.53. The summed E-state index contributed by atoms with van der Waals surface area (Å²) in [7, 11) is 0. The molecule has 100 valence electrons. The molecule has 0 atom stereocenters. The number of nitrogens with one attached hydrogen (secondary N) is 1. The third kappa shape index (κ3) is 2.30. The monoisotopic (exact) mass is 263 g/mol. The number of rotatable bonds is 2. The normalized spacial score (nSPS) is 10.7. The van der Waals surface area contributed by atoms with E-state index in [-0.39, 0.29) is 0 Å². The van der Waals surface area contributed by atoms with E-state index in [1.807, 2.05) is 37.3 Å². The molecule has 3 aromatic rings. The number of aromatic nitrogens is 1. The fourth-order valence-corrected chi connectivity index (χ4v) is 2.33. The van der Waals surface area contributed by atoms with Crippen LogP contribution in [0.25, 0.3) is 10.9 Å². The zero-order chi connectivity index (χ0) is 14.1. The second-order valence-electron chi connectivity index (χ2n) is 5.04. The average Bonchev–Trinajstić information content (AvgIpc) is 2.42. The fraction of sp³-hybridized carbons (Fsp3) is 0.118. The highest BCUT2D eigenvalue weighted by atomic mass is 14.9. The molecule has 0 amide bonds. The number of para-hydroxylation sites is 2. The summed E-state index contributed by atoms with van der Waals surface area (Å²) >= 11 is 0. The van der Waals surface area contributed by atoms with Gasteiger partial charge < -0.3 is 11.1 Å². The Labute approximate surface area is 118 Å². The summed E-state index contributed by atoms with van der Waals surface area (Å²) in [6, 6.07) is 16.1. The van der Waals surface area contributed by atoms with Gasteiger partial charge in [-0.25, -0.2) is 0 Å². The van der Waals surface area contributed by atoms with E-state index < -0.39 is 0 Å². The van der Waals surface area contributed by atoms with Gasteiger partial charge in [-0.2, -0.15) is 0 Å². The molecule has 0 radical (unpaired) electrons. The predicted molar refractivity (Wildman–Crippen MR) is 85.4 cm³/mol. The molecule has 1 aromatic heterocycles. The number of fused-ring (bicyclic) bond motifs is 1. The van der Waals surface area contributed by atoms with Gasteiger partial charge in [-0.05, 0) is 44.2 Å². The van der Waals surface area contributed by atoms with Crippen molar-refractivity contribution in [1.29, 1.82) is 0 Å². The molecule has 0 aliphatic heterocycles. The van der Waals surface area contributed by atoms with Crippen LogP contribution in [-0.2, 0) is 0 Å². The van der Waals surface area contributed by atoms with Crippen LogP contribution in [0.15, 0.2) is 48.5 Å². The molecule has 3 N–H and O–H groups in total. The Morgan fingerprint density at radius 3 is 2.55 bits per heavy atom. The predicted octanol–water partition coefficient (Wildman–Crippen LogP) is 4.18. The Balaban J connectivity index is 2.15. The van der Waals surface area contributed by atoms with E-state index in [0.29, 0.717) is 0 Å². The molecule has 0 aliphatic carbocycles. The van der Waals surface area contributed by atoms with Gasteiger partial charge in [0, 0.05) is 16.8 Å². The summed E-state index contributed by atoms with van der Waals surface area (Å²) in [6.45, 7) is 4.08. The van der Waals surface area contributed by atoms with Crippen molar-refractivity contribution in [3.8, 4) is 0 Å². The first-order valence-electron chi connectivity index (χ1n) is 6.63. The van der Waals surface area contributed by atoms with Gasteiger partial charge in [0.25, 0.3) is 0 Å². The Bertz CT molecular complexity index is 778. The quantitative estimate of drug-likeness (QED) is 0.682. The van der Waals surface area contributed by atoms with Crippen LogP contribution < -0.4 is 11.1 Å². The largest absolute Gasteiger partial charge is 0.397 e. The van der Waals surface area contributed by atoms with Gasteiger partial charge in [-0.1, -0.05) is 23.8 Å². The number of anilines is 3. The lowest BCUT2D eigenvalue weighted by Gasteiger charge is -2.13. The van der Waals surface area contributed by atoms with Crippen molar-refractivity contribution in [3.63, 3.8) is 0 Å². The lowest BCUT2D eigenvalue weighted by Crippen LogP contribution is -1.98. The maximum atomic E-state index is 6.00. The third-order valence-electron chi connectivity index (χ3n) is 3.32. The third-order valence-corrected chi connectivity index (χ3v) is 3.32. The minimum Gasteiger partial charge on any atom is -0.397 e. The highest BCUT2D eigenvalue weighted by molar-refractivity contribution is 5.94. The van der Waals surface area contributed by atoms with Gasteiger partial charge in [0.05, 0.1) is 16.9 Å². The van der Waals surface area contributed by atoms with Crippen molar-refractivity contribution in [2.75, 3.05) is 11.1 Å². The zero-order valence-corrected chi connectivity index (χ0v) is 11.6. The van der Waals surface area contributed by atoms with Crippen LogP contribution in [0.5, 0.6) is 0 Å². The molecule has 3 heteroatoms. The van der Waals surface area contributed by atoms with E-state index in [2.05, 4.69) is 35.4 Å². The van der Waals surface area contributed by atoms with E-state index >= 15 is 0 Å². The summed E-state index contributed by atoms with van der Waals surface area (Å²) < 4.78 is 0. The van der Waals surface area contributed by atoms with Gasteiger partial charge in [-0.15, -0.1) is 0 Å². The number of hydrogen-bond donors (Lipinski definition) is 2. The average molecular weight is 263 g/mol. The van der Waals surface area contributed by atoms with Crippen LogP contribution in [0, 0.1) is 13.8 Å². The molecule has 0 saturated heterocycles. The van der Waals surface area contributed by atoms with Gasteiger partial charge in [-0.3, -0.25) is 4.98 Å². The minimum absolute atomic E-state index is 0.739. The lowest BCUT2D eigenvalue weighted by molar-refractivity contribution is 1.25. The number of nitrogens with zero attached hydrogens (tertiary/aromatic N) is 1. The molecule has 2 aromatic carbocycles. The molecule has 1 heterocycles. The number of nitrogen functional groups attached to an aromatic ring is 1. The number of nitrogens with two attached hydrogens (primary N) is 1. The standard InChI is InChI=1S/C17H17N3/c1-11-7-8-15-13(9-11)17(10-12(2)19-15)20-16-6-4-3-5-14(16)18/h3-10H,18H2,1-2H3,(H,19,20). The second kappa shape index (κ2) is 4.85. The fourth-order valence-electron chi connectivity index (χ4n) is 2.33. The molecule has 3 rings (SSSR count). The molecule has 0 bridgehead atoms.